The van der Waals surface area contributed by atoms with Gasteiger partial charge in [-0.05, 0) is 56.6 Å². The van der Waals surface area contributed by atoms with Crippen molar-refractivity contribution in [3.63, 3.8) is 0 Å². The second-order valence-electron chi connectivity index (χ2n) is 12.0. The van der Waals surface area contributed by atoms with Gasteiger partial charge >= 0.3 is 0 Å². The first-order valence-corrected chi connectivity index (χ1v) is 14.2. The van der Waals surface area contributed by atoms with Gasteiger partial charge in [0.25, 0.3) is 0 Å². The van der Waals surface area contributed by atoms with E-state index in [-0.39, 0.29) is 5.91 Å². The van der Waals surface area contributed by atoms with Gasteiger partial charge in [0.05, 0.1) is 34.5 Å². The number of fused-ring (bicyclic) bond motifs is 2. The number of rotatable bonds is 8. The summed E-state index contributed by atoms with van der Waals surface area (Å²) in [4.78, 5) is 31.8. The van der Waals surface area contributed by atoms with Gasteiger partial charge in [-0.15, -0.1) is 0 Å². The minimum atomic E-state index is -0.537. The standard InChI is InChI=1S/C33H33FN8O2/c1-33(2,3)32(43)37-22-13-20(17-35-18-22)25-6-7-27-30(39-25)31(41-40-27)28-16-24-26(38-28)8-9-36-29(24)19-12-21(34)15-23(14-19)44-11-10-42(4)5/h6-9,12-18,38H,10-11H2,1-5H3,(H,37,43)(H,40,41). The van der Waals surface area contributed by atoms with E-state index in [1.165, 1.54) is 12.1 Å². The van der Waals surface area contributed by atoms with E-state index < -0.39 is 11.2 Å². The van der Waals surface area contributed by atoms with Crippen LogP contribution in [0.4, 0.5) is 10.1 Å². The molecule has 0 aliphatic rings. The van der Waals surface area contributed by atoms with Crippen LogP contribution in [0.5, 0.6) is 5.75 Å². The van der Waals surface area contributed by atoms with Crippen molar-refractivity contribution in [2.45, 2.75) is 20.8 Å². The van der Waals surface area contributed by atoms with E-state index in [1.807, 2.05) is 70.1 Å². The summed E-state index contributed by atoms with van der Waals surface area (Å²) in [5, 5.41) is 11.4. The van der Waals surface area contributed by atoms with E-state index in [0.717, 1.165) is 27.7 Å². The molecule has 224 valence electrons. The van der Waals surface area contributed by atoms with Crippen LogP contribution >= 0.6 is 0 Å². The van der Waals surface area contributed by atoms with Crippen molar-refractivity contribution in [2.24, 2.45) is 5.41 Å². The fourth-order valence-corrected chi connectivity index (χ4v) is 4.75. The smallest absolute Gasteiger partial charge is 0.229 e. The molecular weight excluding hydrogens is 559 g/mol. The Hall–Kier alpha value is -5.16. The predicted octanol–water partition coefficient (Wildman–Crippen LogP) is 6.29. The second-order valence-corrected chi connectivity index (χ2v) is 12.0. The number of anilines is 1. The molecule has 0 aliphatic carbocycles. The van der Waals surface area contributed by atoms with Gasteiger partial charge < -0.3 is 19.9 Å². The van der Waals surface area contributed by atoms with Crippen LogP contribution in [0.2, 0.25) is 0 Å². The summed E-state index contributed by atoms with van der Waals surface area (Å²) in [7, 11) is 3.91. The van der Waals surface area contributed by atoms with Crippen molar-refractivity contribution in [2.75, 3.05) is 32.6 Å². The summed E-state index contributed by atoms with van der Waals surface area (Å²) in [6.45, 7) is 6.72. The summed E-state index contributed by atoms with van der Waals surface area (Å²) in [5.41, 5.74) is 6.32. The molecule has 0 bridgehead atoms. The van der Waals surface area contributed by atoms with Crippen molar-refractivity contribution in [1.29, 1.82) is 0 Å². The molecule has 44 heavy (non-hydrogen) atoms. The van der Waals surface area contributed by atoms with Gasteiger partial charge in [-0.3, -0.25) is 19.9 Å². The zero-order chi connectivity index (χ0) is 31.0. The number of carbonyl (C=O) groups is 1. The highest BCUT2D eigenvalue weighted by Crippen LogP contribution is 2.34. The van der Waals surface area contributed by atoms with Gasteiger partial charge in [-0.25, -0.2) is 9.37 Å². The first kappa shape index (κ1) is 28.9. The minimum Gasteiger partial charge on any atom is -0.492 e. The maximum atomic E-state index is 14.6. The predicted molar refractivity (Wildman–Crippen MR) is 170 cm³/mol. The number of pyridine rings is 3. The highest BCUT2D eigenvalue weighted by Gasteiger charge is 2.22. The molecule has 5 aromatic heterocycles. The molecule has 0 fully saturated rings. The van der Waals surface area contributed by atoms with Crippen LogP contribution in [-0.4, -0.2) is 68.2 Å². The molecule has 0 radical (unpaired) electrons. The number of hydrogen-bond donors (Lipinski definition) is 3. The van der Waals surface area contributed by atoms with Crippen LogP contribution in [0, 0.1) is 11.2 Å². The Morgan fingerprint density at radius 2 is 1.84 bits per heavy atom. The van der Waals surface area contributed by atoms with Gasteiger partial charge in [0, 0.05) is 52.4 Å². The number of likely N-dealkylation sites (N-methyl/N-ethyl adjacent to an activating group) is 1. The summed E-state index contributed by atoms with van der Waals surface area (Å²) in [6.07, 6.45) is 5.01. The molecule has 6 rings (SSSR count). The summed E-state index contributed by atoms with van der Waals surface area (Å²) < 4.78 is 20.5. The molecule has 1 aromatic carbocycles. The zero-order valence-corrected chi connectivity index (χ0v) is 25.2. The third-order valence-electron chi connectivity index (χ3n) is 7.14. The largest absolute Gasteiger partial charge is 0.492 e. The average molecular weight is 593 g/mol. The monoisotopic (exact) mass is 592 g/mol. The lowest BCUT2D eigenvalue weighted by Crippen LogP contribution is -2.27. The van der Waals surface area contributed by atoms with Crippen LogP contribution in [0.15, 0.2) is 67.1 Å². The fourth-order valence-electron chi connectivity index (χ4n) is 4.75. The van der Waals surface area contributed by atoms with Gasteiger partial charge in [-0.2, -0.15) is 5.10 Å². The lowest BCUT2D eigenvalue weighted by molar-refractivity contribution is -0.123. The molecule has 0 saturated heterocycles. The maximum absolute atomic E-state index is 14.6. The molecule has 1 amide bonds. The first-order valence-electron chi connectivity index (χ1n) is 14.2. The molecular formula is C33H33FN8O2. The lowest BCUT2D eigenvalue weighted by Gasteiger charge is -2.17. The van der Waals surface area contributed by atoms with Gasteiger partial charge in [0.2, 0.25) is 5.91 Å². The number of H-pyrrole nitrogens is 2. The average Bonchev–Trinajstić information content (AvgIpc) is 3.60. The van der Waals surface area contributed by atoms with Crippen molar-refractivity contribution in [1.82, 2.24) is 35.0 Å². The molecule has 5 heterocycles. The Kier molecular flexibility index (Phi) is 7.56. The molecule has 3 N–H and O–H groups in total. The Labute approximate surface area is 253 Å². The molecule has 11 heteroatoms. The topological polar surface area (TPSA) is 125 Å². The number of nitrogens with zero attached hydrogens (tertiary/aromatic N) is 5. The summed E-state index contributed by atoms with van der Waals surface area (Å²) >= 11 is 0. The third-order valence-corrected chi connectivity index (χ3v) is 7.14. The number of aromatic nitrogens is 6. The van der Waals surface area contributed by atoms with E-state index in [4.69, 9.17) is 9.72 Å². The minimum absolute atomic E-state index is 0.101. The number of aromatic amines is 2. The number of carbonyl (C=O) groups excluding carboxylic acids is 1. The Morgan fingerprint density at radius 1 is 1.00 bits per heavy atom. The molecule has 6 aromatic rings. The van der Waals surface area contributed by atoms with Crippen LogP contribution in [0.1, 0.15) is 20.8 Å². The first-order chi connectivity index (χ1) is 21.0. The van der Waals surface area contributed by atoms with E-state index >= 15 is 0 Å². The van der Waals surface area contributed by atoms with Crippen molar-refractivity contribution < 1.29 is 13.9 Å². The van der Waals surface area contributed by atoms with Gasteiger partial charge in [-0.1, -0.05) is 20.8 Å². The van der Waals surface area contributed by atoms with Crippen LogP contribution < -0.4 is 10.1 Å². The van der Waals surface area contributed by atoms with Crippen LogP contribution in [-0.2, 0) is 4.79 Å². The molecule has 0 saturated carbocycles. The summed E-state index contributed by atoms with van der Waals surface area (Å²) in [6, 6.07) is 14.1. The Morgan fingerprint density at radius 3 is 2.64 bits per heavy atom. The molecule has 10 nitrogen and oxygen atoms in total. The number of ether oxygens (including phenoxy) is 1. The normalized spacial score (nSPS) is 11.9. The number of hydrogen-bond acceptors (Lipinski definition) is 7. The third kappa shape index (κ3) is 6.00. The van der Waals surface area contributed by atoms with Crippen molar-refractivity contribution >= 4 is 33.5 Å². The van der Waals surface area contributed by atoms with Crippen molar-refractivity contribution in [3.05, 3.63) is 72.9 Å². The number of amides is 1. The quantitative estimate of drug-likeness (QED) is 0.190. The fraction of sp³-hybridized carbons (Fsp3) is 0.242. The van der Waals surface area contributed by atoms with Gasteiger partial charge in [0.1, 0.15) is 29.4 Å². The van der Waals surface area contributed by atoms with Crippen LogP contribution in [0.25, 0.3) is 55.8 Å². The zero-order valence-electron chi connectivity index (χ0n) is 25.2. The van der Waals surface area contributed by atoms with Crippen molar-refractivity contribution in [3.8, 4) is 39.7 Å². The molecule has 0 spiro atoms. The second kappa shape index (κ2) is 11.5. The van der Waals surface area contributed by atoms with Crippen LogP contribution in [0.3, 0.4) is 0 Å². The molecule has 0 atom stereocenters. The number of nitrogens with one attached hydrogen (secondary N) is 3. The van der Waals surface area contributed by atoms with Gasteiger partial charge in [0.15, 0.2) is 0 Å². The molecule has 0 aliphatic heterocycles. The Balaban J connectivity index is 1.35. The number of halogens is 1. The highest BCUT2D eigenvalue weighted by molar-refractivity contribution is 5.99. The number of benzene rings is 1. The highest BCUT2D eigenvalue weighted by atomic mass is 19.1. The lowest BCUT2D eigenvalue weighted by atomic mass is 9.95. The SMILES string of the molecule is CN(C)CCOc1cc(F)cc(-c2nccc3[nH]c(-c4n[nH]c5ccc(-c6cncc(NC(=O)C(C)(C)C)c6)nc45)cc23)c1. The van der Waals surface area contributed by atoms with E-state index in [2.05, 4.69) is 30.5 Å². The van der Waals surface area contributed by atoms with E-state index in [1.54, 1.807) is 24.7 Å². The maximum Gasteiger partial charge on any atom is 0.229 e. The molecule has 0 unspecified atom stereocenters. The Bertz CT molecular complexity index is 1990. The summed E-state index contributed by atoms with van der Waals surface area (Å²) in [5.74, 6) is -0.0533. The van der Waals surface area contributed by atoms with E-state index in [9.17, 15) is 9.18 Å². The van der Waals surface area contributed by atoms with E-state index in [0.29, 0.717) is 52.8 Å².